The first kappa shape index (κ1) is 13.1. The van der Waals surface area contributed by atoms with Gasteiger partial charge in [-0.15, -0.1) is 0 Å². The Bertz CT molecular complexity index is 384. The Kier molecular flexibility index (Phi) is 4.86. The first-order valence-corrected chi connectivity index (χ1v) is 5.42. The van der Waals surface area contributed by atoms with Crippen molar-refractivity contribution in [3.8, 4) is 0 Å². The molecule has 0 aliphatic carbocycles. The van der Waals surface area contributed by atoms with Crippen molar-refractivity contribution in [2.45, 2.75) is 13.3 Å². The fourth-order valence-electron chi connectivity index (χ4n) is 0.973. The maximum atomic E-state index is 11.3. The summed E-state index contributed by atoms with van der Waals surface area (Å²) >= 11 is 11.4. The Hall–Kier alpha value is -0.970. The molecule has 0 aromatic heterocycles. The van der Waals surface area contributed by atoms with Gasteiger partial charge in [-0.3, -0.25) is 5.21 Å². The molecule has 88 valence electrons. The zero-order valence-corrected chi connectivity index (χ0v) is 10.1. The molecule has 0 unspecified atom stereocenters. The minimum Gasteiger partial charge on any atom is -0.448 e. The van der Waals surface area contributed by atoms with Crippen LogP contribution in [0.4, 0.5) is 10.5 Å². The van der Waals surface area contributed by atoms with Gasteiger partial charge in [0.15, 0.2) is 0 Å². The van der Waals surface area contributed by atoms with Gasteiger partial charge in [0, 0.05) is 0 Å². The zero-order valence-electron chi connectivity index (χ0n) is 8.61. The molecule has 1 N–H and O–H groups in total. The summed E-state index contributed by atoms with van der Waals surface area (Å²) in [6.07, 6.45) is -0.165. The van der Waals surface area contributed by atoms with E-state index >= 15 is 0 Å². The van der Waals surface area contributed by atoms with Gasteiger partial charge in [0.2, 0.25) is 0 Å². The highest BCUT2D eigenvalue weighted by Crippen LogP contribution is 2.26. The summed E-state index contributed by atoms with van der Waals surface area (Å²) in [4.78, 5) is 11.3. The normalized spacial score (nSPS) is 10.0. The zero-order chi connectivity index (χ0) is 12.1. The summed E-state index contributed by atoms with van der Waals surface area (Å²) in [6, 6.07) is 4.31. The number of carbonyl (C=O) groups excluding carboxylic acids is 1. The van der Waals surface area contributed by atoms with E-state index in [1.165, 1.54) is 18.2 Å². The quantitative estimate of drug-likeness (QED) is 0.668. The van der Waals surface area contributed by atoms with Crippen molar-refractivity contribution < 1.29 is 14.7 Å². The van der Waals surface area contributed by atoms with E-state index < -0.39 is 6.09 Å². The Morgan fingerprint density at radius 2 is 2.12 bits per heavy atom. The van der Waals surface area contributed by atoms with Gasteiger partial charge in [-0.1, -0.05) is 30.1 Å². The van der Waals surface area contributed by atoms with Crippen molar-refractivity contribution in [1.82, 2.24) is 0 Å². The van der Waals surface area contributed by atoms with Crippen LogP contribution >= 0.6 is 23.2 Å². The lowest BCUT2D eigenvalue weighted by molar-refractivity contribution is 0.120. The molecule has 0 radical (unpaired) electrons. The number of rotatable bonds is 3. The average Bonchev–Trinajstić information content (AvgIpc) is 2.28. The van der Waals surface area contributed by atoms with E-state index in [4.69, 9.17) is 27.9 Å². The van der Waals surface area contributed by atoms with E-state index in [0.717, 1.165) is 0 Å². The number of halogens is 2. The highest BCUT2D eigenvalue weighted by Gasteiger charge is 2.15. The van der Waals surface area contributed by atoms with Crippen molar-refractivity contribution in [2.75, 3.05) is 11.7 Å². The maximum Gasteiger partial charge on any atom is 0.438 e. The predicted molar refractivity (Wildman–Crippen MR) is 62.4 cm³/mol. The van der Waals surface area contributed by atoms with Crippen molar-refractivity contribution in [3.05, 3.63) is 28.2 Å². The van der Waals surface area contributed by atoms with Crippen LogP contribution in [-0.4, -0.2) is 17.9 Å². The third-order valence-electron chi connectivity index (χ3n) is 1.75. The van der Waals surface area contributed by atoms with Crippen LogP contribution in [0.3, 0.4) is 0 Å². The minimum atomic E-state index is -0.847. The number of anilines is 1. The van der Waals surface area contributed by atoms with Gasteiger partial charge in [0.25, 0.3) is 0 Å². The van der Waals surface area contributed by atoms with Crippen LogP contribution in [0.15, 0.2) is 18.2 Å². The van der Waals surface area contributed by atoms with Gasteiger partial charge in [-0.25, -0.2) is 4.79 Å². The van der Waals surface area contributed by atoms with Gasteiger partial charge in [0.1, 0.15) is 0 Å². The molecular weight excluding hydrogens is 253 g/mol. The molecule has 0 aliphatic heterocycles. The second kappa shape index (κ2) is 5.94. The van der Waals surface area contributed by atoms with Crippen LogP contribution in [0, 0.1) is 0 Å². The fourth-order valence-corrected chi connectivity index (χ4v) is 1.27. The van der Waals surface area contributed by atoms with E-state index in [1.54, 1.807) is 0 Å². The van der Waals surface area contributed by atoms with Gasteiger partial charge >= 0.3 is 6.09 Å². The molecule has 6 heteroatoms. The number of hydrogen-bond acceptors (Lipinski definition) is 3. The standard InChI is InChI=1S/C10H11Cl2NO3/c1-2-5-16-10(14)13(15)7-3-4-8(11)9(12)6-7/h3-4,6,15H,2,5H2,1H3. The number of amides is 1. The lowest BCUT2D eigenvalue weighted by Gasteiger charge is -2.14. The second-order valence-electron chi connectivity index (χ2n) is 3.02. The lowest BCUT2D eigenvalue weighted by atomic mass is 10.3. The van der Waals surface area contributed by atoms with E-state index in [0.29, 0.717) is 16.5 Å². The van der Waals surface area contributed by atoms with Crippen LogP contribution < -0.4 is 5.06 Å². The summed E-state index contributed by atoms with van der Waals surface area (Å²) in [5, 5.41) is 10.5. The van der Waals surface area contributed by atoms with E-state index in [1.807, 2.05) is 6.92 Å². The molecule has 0 heterocycles. The van der Waals surface area contributed by atoms with Crippen LogP contribution in [0.1, 0.15) is 13.3 Å². The van der Waals surface area contributed by atoms with Crippen LogP contribution in [-0.2, 0) is 4.74 Å². The molecule has 0 atom stereocenters. The molecule has 0 saturated carbocycles. The molecule has 1 amide bonds. The third kappa shape index (κ3) is 3.27. The van der Waals surface area contributed by atoms with Crippen molar-refractivity contribution in [3.63, 3.8) is 0 Å². The smallest absolute Gasteiger partial charge is 0.438 e. The van der Waals surface area contributed by atoms with Gasteiger partial charge in [0.05, 0.1) is 22.3 Å². The summed E-state index contributed by atoms with van der Waals surface area (Å²) in [5.74, 6) is 0. The highest BCUT2D eigenvalue weighted by molar-refractivity contribution is 6.42. The Balaban J connectivity index is 2.75. The highest BCUT2D eigenvalue weighted by atomic mass is 35.5. The van der Waals surface area contributed by atoms with Gasteiger partial charge in [-0.2, -0.15) is 5.06 Å². The average molecular weight is 264 g/mol. The summed E-state index contributed by atoms with van der Waals surface area (Å²) < 4.78 is 4.74. The molecule has 0 saturated heterocycles. The van der Waals surface area contributed by atoms with Crippen molar-refractivity contribution in [1.29, 1.82) is 0 Å². The lowest BCUT2D eigenvalue weighted by Crippen LogP contribution is -2.27. The second-order valence-corrected chi connectivity index (χ2v) is 3.84. The molecule has 0 aliphatic rings. The van der Waals surface area contributed by atoms with E-state index in [9.17, 15) is 10.0 Å². The maximum absolute atomic E-state index is 11.3. The van der Waals surface area contributed by atoms with Crippen LogP contribution in [0.2, 0.25) is 10.0 Å². The first-order valence-electron chi connectivity index (χ1n) is 4.67. The van der Waals surface area contributed by atoms with Crippen LogP contribution in [0.5, 0.6) is 0 Å². The largest absolute Gasteiger partial charge is 0.448 e. The molecule has 0 bridgehead atoms. The topological polar surface area (TPSA) is 49.8 Å². The Morgan fingerprint density at radius 3 is 2.69 bits per heavy atom. The molecule has 16 heavy (non-hydrogen) atoms. The Morgan fingerprint density at radius 1 is 1.44 bits per heavy atom. The minimum absolute atomic E-state index is 0.204. The third-order valence-corrected chi connectivity index (χ3v) is 2.49. The Labute approximate surface area is 103 Å². The van der Waals surface area contributed by atoms with Gasteiger partial charge < -0.3 is 4.74 Å². The molecule has 0 fully saturated rings. The fraction of sp³-hybridized carbons (Fsp3) is 0.300. The molecule has 4 nitrogen and oxygen atoms in total. The molecular formula is C10H11Cl2NO3. The van der Waals surface area contributed by atoms with Crippen molar-refractivity contribution in [2.24, 2.45) is 0 Å². The van der Waals surface area contributed by atoms with Gasteiger partial charge in [-0.05, 0) is 24.6 Å². The molecule has 0 spiro atoms. The number of nitrogens with zero attached hydrogens (tertiary/aromatic N) is 1. The molecule has 1 aromatic rings. The number of ether oxygens (including phenoxy) is 1. The summed E-state index contributed by atoms with van der Waals surface area (Å²) in [5.41, 5.74) is 0.204. The first-order chi connectivity index (χ1) is 7.56. The van der Waals surface area contributed by atoms with Crippen LogP contribution in [0.25, 0.3) is 0 Å². The summed E-state index contributed by atoms with van der Waals surface area (Å²) in [6.45, 7) is 2.10. The molecule has 1 rings (SSSR count). The molecule has 1 aromatic carbocycles. The number of carbonyl (C=O) groups is 1. The predicted octanol–water partition coefficient (Wildman–Crippen LogP) is 3.74. The number of hydroxylamine groups is 1. The van der Waals surface area contributed by atoms with E-state index in [2.05, 4.69) is 0 Å². The summed E-state index contributed by atoms with van der Waals surface area (Å²) in [7, 11) is 0. The van der Waals surface area contributed by atoms with E-state index in [-0.39, 0.29) is 17.3 Å². The monoisotopic (exact) mass is 263 g/mol. The van der Waals surface area contributed by atoms with Crippen molar-refractivity contribution >= 4 is 35.0 Å². The number of benzene rings is 1. The number of hydrogen-bond donors (Lipinski definition) is 1. The SMILES string of the molecule is CCCOC(=O)N(O)c1ccc(Cl)c(Cl)c1.